The predicted molar refractivity (Wildman–Crippen MR) is 82.3 cm³/mol. The molecule has 0 atom stereocenters. The number of unbranched alkanes of at least 4 members (excludes halogenated alkanes) is 1. The standard InChI is InChI=1S/C12H16BrN3.C2H6/c1-4-6-7-8-10-12(14-3)16(5-2)9-11(13)15-10;1-2/h4-5,9H,1-2,6-8H2,3H3;1-2H3. The lowest BCUT2D eigenvalue weighted by atomic mass is 10.2. The van der Waals surface area contributed by atoms with E-state index in [2.05, 4.69) is 39.1 Å². The first-order valence-electron chi connectivity index (χ1n) is 6.16. The molecular formula is C14H22BrN3. The molecule has 0 aliphatic heterocycles. The molecule has 100 valence electrons. The smallest absolute Gasteiger partial charge is 0.153 e. The van der Waals surface area contributed by atoms with Gasteiger partial charge >= 0.3 is 0 Å². The van der Waals surface area contributed by atoms with Gasteiger partial charge in [-0.2, -0.15) is 0 Å². The van der Waals surface area contributed by atoms with Gasteiger partial charge in [-0.05, 0) is 35.2 Å². The van der Waals surface area contributed by atoms with Gasteiger partial charge in [-0.1, -0.05) is 26.5 Å². The normalized spacial score (nSPS) is 10.6. The van der Waals surface area contributed by atoms with Gasteiger partial charge in [0.05, 0.1) is 5.69 Å². The van der Waals surface area contributed by atoms with Crippen LogP contribution in [0.15, 0.2) is 35.0 Å². The monoisotopic (exact) mass is 311 g/mol. The second-order valence-electron chi connectivity index (χ2n) is 3.33. The minimum Gasteiger partial charge on any atom is -0.305 e. The number of hydrogen-bond acceptors (Lipinski definition) is 2. The molecule has 0 saturated heterocycles. The fraction of sp³-hybridized carbons (Fsp3) is 0.429. The largest absolute Gasteiger partial charge is 0.305 e. The highest BCUT2D eigenvalue weighted by atomic mass is 79.9. The topological polar surface area (TPSA) is 30.2 Å². The molecular weight excluding hydrogens is 290 g/mol. The molecule has 0 N–H and O–H groups in total. The summed E-state index contributed by atoms with van der Waals surface area (Å²) in [6.07, 6.45) is 8.42. The van der Waals surface area contributed by atoms with Crippen LogP contribution in [-0.4, -0.2) is 16.6 Å². The van der Waals surface area contributed by atoms with Crippen molar-refractivity contribution in [2.75, 3.05) is 7.05 Å². The van der Waals surface area contributed by atoms with Crippen LogP contribution in [0.2, 0.25) is 0 Å². The minimum absolute atomic E-state index is 0.799. The van der Waals surface area contributed by atoms with Gasteiger partial charge in [-0.25, -0.2) is 4.98 Å². The van der Waals surface area contributed by atoms with Crippen LogP contribution in [0, 0.1) is 0 Å². The van der Waals surface area contributed by atoms with Crippen LogP contribution in [-0.2, 0) is 6.42 Å². The van der Waals surface area contributed by atoms with E-state index in [1.54, 1.807) is 13.2 Å². The third kappa shape index (κ3) is 5.00. The molecule has 1 rings (SSSR count). The Hall–Kier alpha value is -1.16. The van der Waals surface area contributed by atoms with E-state index in [-0.39, 0.29) is 0 Å². The number of aryl methyl sites for hydroxylation is 1. The molecule has 18 heavy (non-hydrogen) atoms. The molecule has 3 nitrogen and oxygen atoms in total. The predicted octanol–water partition coefficient (Wildman–Crippen LogP) is 3.81. The first-order chi connectivity index (χ1) is 8.72. The zero-order valence-electron chi connectivity index (χ0n) is 11.5. The molecule has 0 spiro atoms. The second-order valence-corrected chi connectivity index (χ2v) is 4.14. The summed E-state index contributed by atoms with van der Waals surface area (Å²) in [5.41, 5.74) is 1.85. The molecule has 0 saturated carbocycles. The van der Waals surface area contributed by atoms with E-state index in [4.69, 9.17) is 0 Å². The number of rotatable bonds is 5. The summed E-state index contributed by atoms with van der Waals surface area (Å²) in [5.74, 6) is 0. The van der Waals surface area contributed by atoms with Crippen LogP contribution in [0.25, 0.3) is 6.20 Å². The maximum atomic E-state index is 4.44. The maximum absolute atomic E-state index is 4.44. The molecule has 4 heteroatoms. The number of allylic oxidation sites excluding steroid dienone is 1. The number of halogens is 1. The van der Waals surface area contributed by atoms with Crippen molar-refractivity contribution in [2.45, 2.75) is 33.1 Å². The molecule has 0 aliphatic rings. The van der Waals surface area contributed by atoms with Gasteiger partial charge < -0.3 is 4.57 Å². The molecule has 0 aromatic carbocycles. The lowest BCUT2D eigenvalue weighted by Gasteiger charge is -2.06. The molecule has 0 fully saturated rings. The summed E-state index contributed by atoms with van der Waals surface area (Å²) >= 11 is 3.38. The van der Waals surface area contributed by atoms with Gasteiger partial charge in [0.1, 0.15) is 4.60 Å². The van der Waals surface area contributed by atoms with Gasteiger partial charge in [0.2, 0.25) is 0 Å². The van der Waals surface area contributed by atoms with E-state index in [0.717, 1.165) is 35.0 Å². The highest BCUT2D eigenvalue weighted by Gasteiger charge is 2.03. The molecule has 1 aromatic heterocycles. The van der Waals surface area contributed by atoms with Crippen molar-refractivity contribution in [1.82, 2.24) is 9.55 Å². The van der Waals surface area contributed by atoms with Crippen molar-refractivity contribution >= 4 is 22.1 Å². The van der Waals surface area contributed by atoms with Crippen LogP contribution in [0.3, 0.4) is 0 Å². The summed E-state index contributed by atoms with van der Waals surface area (Å²) in [6, 6.07) is 0. The third-order valence-corrected chi connectivity index (χ3v) is 2.60. The molecule has 0 aliphatic carbocycles. The molecule has 0 bridgehead atoms. The van der Waals surface area contributed by atoms with Gasteiger partial charge in [-0.15, -0.1) is 6.58 Å². The Morgan fingerprint density at radius 3 is 2.61 bits per heavy atom. The van der Waals surface area contributed by atoms with Gasteiger partial charge in [-0.3, -0.25) is 4.99 Å². The van der Waals surface area contributed by atoms with Gasteiger partial charge in [0, 0.05) is 19.4 Å². The third-order valence-electron chi connectivity index (χ3n) is 2.22. The summed E-state index contributed by atoms with van der Waals surface area (Å²) in [4.78, 5) is 8.69. The average Bonchev–Trinajstić information content (AvgIpc) is 2.40. The van der Waals surface area contributed by atoms with E-state index < -0.39 is 0 Å². The maximum Gasteiger partial charge on any atom is 0.153 e. The van der Waals surface area contributed by atoms with Crippen molar-refractivity contribution < 1.29 is 0 Å². The van der Waals surface area contributed by atoms with Crippen molar-refractivity contribution in [2.24, 2.45) is 4.99 Å². The Morgan fingerprint density at radius 2 is 2.11 bits per heavy atom. The van der Waals surface area contributed by atoms with E-state index >= 15 is 0 Å². The number of nitrogens with zero attached hydrogens (tertiary/aromatic N) is 3. The summed E-state index contributed by atoms with van der Waals surface area (Å²) in [6.45, 7) is 11.5. The highest BCUT2D eigenvalue weighted by molar-refractivity contribution is 9.10. The Balaban J connectivity index is 0.00000137. The quantitative estimate of drug-likeness (QED) is 0.600. The SMILES string of the molecule is C=CCCCc1nc(Br)cn(C=C)c1=NC.CC. The Labute approximate surface area is 118 Å². The fourth-order valence-corrected chi connectivity index (χ4v) is 1.93. The molecule has 0 radical (unpaired) electrons. The summed E-state index contributed by atoms with van der Waals surface area (Å²) in [5, 5.41) is 0. The number of hydrogen-bond donors (Lipinski definition) is 0. The van der Waals surface area contributed by atoms with Crippen LogP contribution in [0.5, 0.6) is 0 Å². The van der Waals surface area contributed by atoms with Crippen molar-refractivity contribution in [3.05, 3.63) is 41.2 Å². The second kappa shape index (κ2) is 9.83. The van der Waals surface area contributed by atoms with Crippen LogP contribution >= 0.6 is 15.9 Å². The minimum atomic E-state index is 0.799. The van der Waals surface area contributed by atoms with E-state index in [1.165, 1.54) is 0 Å². The highest BCUT2D eigenvalue weighted by Crippen LogP contribution is 2.06. The fourth-order valence-electron chi connectivity index (χ4n) is 1.50. The van der Waals surface area contributed by atoms with E-state index in [1.807, 2.05) is 30.7 Å². The number of aromatic nitrogens is 2. The van der Waals surface area contributed by atoms with E-state index in [9.17, 15) is 0 Å². The van der Waals surface area contributed by atoms with Crippen molar-refractivity contribution in [3.63, 3.8) is 0 Å². The molecule has 1 aromatic rings. The zero-order valence-corrected chi connectivity index (χ0v) is 13.1. The average molecular weight is 312 g/mol. The lowest BCUT2D eigenvalue weighted by Crippen LogP contribution is -2.23. The molecule has 0 unspecified atom stereocenters. The molecule has 1 heterocycles. The van der Waals surface area contributed by atoms with Crippen LogP contribution in [0.1, 0.15) is 32.4 Å². The zero-order chi connectivity index (χ0) is 14.0. The summed E-state index contributed by atoms with van der Waals surface area (Å²) < 4.78 is 2.67. The van der Waals surface area contributed by atoms with Crippen molar-refractivity contribution in [3.8, 4) is 0 Å². The lowest BCUT2D eigenvalue weighted by molar-refractivity contribution is 0.772. The van der Waals surface area contributed by atoms with Gasteiger partial charge in [0.15, 0.2) is 5.49 Å². The van der Waals surface area contributed by atoms with Crippen LogP contribution in [0.4, 0.5) is 0 Å². The summed E-state index contributed by atoms with van der Waals surface area (Å²) in [7, 11) is 1.77. The van der Waals surface area contributed by atoms with Crippen LogP contribution < -0.4 is 5.49 Å². The van der Waals surface area contributed by atoms with Gasteiger partial charge in [0.25, 0.3) is 0 Å². The first kappa shape index (κ1) is 16.8. The Kier molecular flexibility index (Phi) is 9.19. The van der Waals surface area contributed by atoms with Crippen molar-refractivity contribution in [1.29, 1.82) is 0 Å². The molecule has 0 amide bonds. The van der Waals surface area contributed by atoms with E-state index in [0.29, 0.717) is 0 Å². The Morgan fingerprint density at radius 1 is 1.44 bits per heavy atom. The first-order valence-corrected chi connectivity index (χ1v) is 6.96. The Bertz CT molecular complexity index is 447.